The van der Waals surface area contributed by atoms with Gasteiger partial charge in [-0.3, -0.25) is 0 Å². The van der Waals surface area contributed by atoms with Crippen molar-refractivity contribution in [3.8, 4) is 12.3 Å². The quantitative estimate of drug-likeness (QED) is 0.640. The molecule has 3 unspecified atom stereocenters. The zero-order chi connectivity index (χ0) is 8.97. The molecule has 1 aliphatic heterocycles. The molecule has 1 rings (SSSR count). The summed E-state index contributed by atoms with van der Waals surface area (Å²) in [4.78, 5) is 0. The van der Waals surface area contributed by atoms with E-state index in [9.17, 15) is 0 Å². The predicted molar refractivity (Wildman–Crippen MR) is 49.6 cm³/mol. The van der Waals surface area contributed by atoms with Gasteiger partial charge >= 0.3 is 0 Å². The van der Waals surface area contributed by atoms with Crippen molar-refractivity contribution in [1.82, 2.24) is 0 Å². The molecule has 2 N–H and O–H groups in total. The normalized spacial score (nSPS) is 31.4. The maximum atomic E-state index is 5.98. The third-order valence-corrected chi connectivity index (χ3v) is 2.61. The van der Waals surface area contributed by atoms with Crippen LogP contribution >= 0.6 is 0 Å². The molecule has 1 aliphatic rings. The van der Waals surface area contributed by atoms with E-state index in [1.54, 1.807) is 0 Å². The maximum absolute atomic E-state index is 5.98. The van der Waals surface area contributed by atoms with Gasteiger partial charge in [0.1, 0.15) is 0 Å². The number of hydrogen-bond acceptors (Lipinski definition) is 2. The van der Waals surface area contributed by atoms with E-state index in [1.807, 2.05) is 0 Å². The topological polar surface area (TPSA) is 35.2 Å². The highest BCUT2D eigenvalue weighted by Crippen LogP contribution is 2.24. The van der Waals surface area contributed by atoms with E-state index in [-0.39, 0.29) is 6.04 Å². The van der Waals surface area contributed by atoms with Crippen molar-refractivity contribution < 1.29 is 4.74 Å². The molecule has 0 aromatic rings. The molecular weight excluding hydrogens is 150 g/mol. The van der Waals surface area contributed by atoms with Crippen LogP contribution in [0.5, 0.6) is 0 Å². The fourth-order valence-corrected chi connectivity index (χ4v) is 1.77. The Kier molecular flexibility index (Phi) is 3.58. The number of ether oxygens (including phenoxy) is 1. The Morgan fingerprint density at radius 3 is 3.00 bits per heavy atom. The fraction of sp³-hybridized carbons (Fsp3) is 0.800. The van der Waals surface area contributed by atoms with Crippen molar-refractivity contribution >= 4 is 0 Å². The molecule has 68 valence electrons. The van der Waals surface area contributed by atoms with Gasteiger partial charge in [-0.1, -0.05) is 0 Å². The summed E-state index contributed by atoms with van der Waals surface area (Å²) in [5, 5.41) is 0. The lowest BCUT2D eigenvalue weighted by atomic mass is 9.91. The van der Waals surface area contributed by atoms with Crippen LogP contribution in [0.4, 0.5) is 0 Å². The maximum Gasteiger partial charge on any atom is 0.0590 e. The summed E-state index contributed by atoms with van der Waals surface area (Å²) in [6.07, 6.45) is 8.29. The van der Waals surface area contributed by atoms with E-state index in [4.69, 9.17) is 16.9 Å². The molecule has 0 bridgehead atoms. The second kappa shape index (κ2) is 4.49. The average molecular weight is 167 g/mol. The van der Waals surface area contributed by atoms with Crippen LogP contribution in [0.2, 0.25) is 0 Å². The Morgan fingerprint density at radius 2 is 2.50 bits per heavy atom. The summed E-state index contributed by atoms with van der Waals surface area (Å²) < 4.78 is 5.43. The molecule has 0 amide bonds. The lowest BCUT2D eigenvalue weighted by Gasteiger charge is -2.20. The first kappa shape index (κ1) is 9.57. The van der Waals surface area contributed by atoms with Crippen molar-refractivity contribution in [2.75, 3.05) is 6.61 Å². The summed E-state index contributed by atoms with van der Waals surface area (Å²) in [6, 6.07) is 0.221. The smallest absolute Gasteiger partial charge is 0.0590 e. The fourth-order valence-electron chi connectivity index (χ4n) is 1.77. The van der Waals surface area contributed by atoms with E-state index < -0.39 is 0 Å². The first-order chi connectivity index (χ1) is 5.75. The zero-order valence-electron chi connectivity index (χ0n) is 7.62. The third-order valence-electron chi connectivity index (χ3n) is 2.61. The number of nitrogens with two attached hydrogens (primary N) is 1. The van der Waals surface area contributed by atoms with Crippen LogP contribution in [0.25, 0.3) is 0 Å². The van der Waals surface area contributed by atoms with E-state index in [0.29, 0.717) is 12.0 Å². The first-order valence-corrected chi connectivity index (χ1v) is 4.56. The van der Waals surface area contributed by atoms with Gasteiger partial charge in [0.25, 0.3) is 0 Å². The van der Waals surface area contributed by atoms with Gasteiger partial charge in [-0.05, 0) is 19.8 Å². The second-order valence-corrected chi connectivity index (χ2v) is 3.44. The number of hydrogen-bond donors (Lipinski definition) is 1. The minimum absolute atomic E-state index is 0.221. The van der Waals surface area contributed by atoms with Gasteiger partial charge in [0, 0.05) is 25.0 Å². The molecule has 0 radical (unpaired) electrons. The van der Waals surface area contributed by atoms with E-state index >= 15 is 0 Å². The lowest BCUT2D eigenvalue weighted by Crippen LogP contribution is -2.33. The Labute approximate surface area is 74.5 Å². The van der Waals surface area contributed by atoms with Crippen molar-refractivity contribution in [3.63, 3.8) is 0 Å². The van der Waals surface area contributed by atoms with Crippen molar-refractivity contribution in [3.05, 3.63) is 0 Å². The Hall–Kier alpha value is -0.520. The van der Waals surface area contributed by atoms with Gasteiger partial charge in [0.15, 0.2) is 0 Å². The van der Waals surface area contributed by atoms with Crippen LogP contribution in [0.1, 0.15) is 26.2 Å². The highest BCUT2D eigenvalue weighted by Gasteiger charge is 2.28. The van der Waals surface area contributed by atoms with Gasteiger partial charge in [-0.15, -0.1) is 12.3 Å². The molecule has 2 nitrogen and oxygen atoms in total. The monoisotopic (exact) mass is 167 g/mol. The summed E-state index contributed by atoms with van der Waals surface area (Å²) in [7, 11) is 0. The summed E-state index contributed by atoms with van der Waals surface area (Å²) in [5.74, 6) is 3.13. The lowest BCUT2D eigenvalue weighted by molar-refractivity contribution is 0.0988. The molecule has 0 spiro atoms. The van der Waals surface area contributed by atoms with Crippen molar-refractivity contribution in [2.45, 2.75) is 38.3 Å². The highest BCUT2D eigenvalue weighted by atomic mass is 16.5. The van der Waals surface area contributed by atoms with Crippen LogP contribution < -0.4 is 5.73 Å². The SMILES string of the molecule is C#CCCC(N)C1CCOC1C. The van der Waals surface area contributed by atoms with E-state index in [0.717, 1.165) is 25.9 Å². The van der Waals surface area contributed by atoms with Crippen LogP contribution in [-0.2, 0) is 4.74 Å². The van der Waals surface area contributed by atoms with Crippen LogP contribution in [0.3, 0.4) is 0 Å². The van der Waals surface area contributed by atoms with Gasteiger partial charge < -0.3 is 10.5 Å². The standard InChI is InChI=1S/C10H17NO/c1-3-4-5-10(11)9-6-7-12-8(9)2/h1,8-10H,4-7,11H2,2H3. The minimum Gasteiger partial charge on any atom is -0.378 e. The molecule has 2 heteroatoms. The second-order valence-electron chi connectivity index (χ2n) is 3.44. The zero-order valence-corrected chi connectivity index (χ0v) is 7.62. The minimum atomic E-state index is 0.221. The first-order valence-electron chi connectivity index (χ1n) is 4.56. The number of rotatable bonds is 3. The molecule has 1 saturated heterocycles. The Bertz CT molecular complexity index is 173. The third kappa shape index (κ3) is 2.23. The molecule has 0 aromatic heterocycles. The van der Waals surface area contributed by atoms with Gasteiger partial charge in [0.05, 0.1) is 6.10 Å². The summed E-state index contributed by atoms with van der Waals surface area (Å²) in [5.41, 5.74) is 5.98. The van der Waals surface area contributed by atoms with Crippen LogP contribution in [0.15, 0.2) is 0 Å². The largest absolute Gasteiger partial charge is 0.378 e. The van der Waals surface area contributed by atoms with Crippen LogP contribution in [0, 0.1) is 18.3 Å². The van der Waals surface area contributed by atoms with Crippen molar-refractivity contribution in [1.29, 1.82) is 0 Å². The van der Waals surface area contributed by atoms with Gasteiger partial charge in [-0.2, -0.15) is 0 Å². The summed E-state index contributed by atoms with van der Waals surface area (Å²) in [6.45, 7) is 2.95. The molecule has 12 heavy (non-hydrogen) atoms. The van der Waals surface area contributed by atoms with E-state index in [2.05, 4.69) is 12.8 Å². The van der Waals surface area contributed by atoms with Gasteiger partial charge in [0.2, 0.25) is 0 Å². The van der Waals surface area contributed by atoms with Crippen LogP contribution in [-0.4, -0.2) is 18.8 Å². The molecule has 3 atom stereocenters. The molecule has 0 aliphatic carbocycles. The molecule has 0 aromatic carbocycles. The molecule has 1 fully saturated rings. The average Bonchev–Trinajstić information content (AvgIpc) is 2.47. The highest BCUT2D eigenvalue weighted by molar-refractivity contribution is 4.88. The predicted octanol–water partition coefficient (Wildman–Crippen LogP) is 1.15. The molecule has 1 heterocycles. The molecular formula is C10H17NO. The number of terminal acetylenes is 1. The summed E-state index contributed by atoms with van der Waals surface area (Å²) >= 11 is 0. The Morgan fingerprint density at radius 1 is 1.75 bits per heavy atom. The Balaban J connectivity index is 2.31. The molecule has 0 saturated carbocycles. The van der Waals surface area contributed by atoms with Crippen molar-refractivity contribution in [2.24, 2.45) is 11.7 Å². The van der Waals surface area contributed by atoms with Gasteiger partial charge in [-0.25, -0.2) is 0 Å². The van der Waals surface area contributed by atoms with E-state index in [1.165, 1.54) is 0 Å².